The Morgan fingerprint density at radius 1 is 1.15 bits per heavy atom. The number of nitrogens with zero attached hydrogens (tertiary/aromatic N) is 1. The van der Waals surface area contributed by atoms with E-state index in [0.29, 0.717) is 17.7 Å². The third kappa shape index (κ3) is 5.95. The van der Waals surface area contributed by atoms with E-state index >= 15 is 0 Å². The number of aromatic hydroxyl groups is 1. The predicted molar refractivity (Wildman–Crippen MR) is 119 cm³/mol. The molecule has 3 N–H and O–H groups in total. The minimum Gasteiger partial charge on any atom is -0.491 e. The number of benzene rings is 2. The van der Waals surface area contributed by atoms with Crippen molar-refractivity contribution >= 4 is 17.5 Å². The smallest absolute Gasteiger partial charge is 0.290 e. The fraction of sp³-hybridized carbons (Fsp3) is 0.292. The van der Waals surface area contributed by atoms with Crippen molar-refractivity contribution in [3.8, 4) is 5.88 Å². The van der Waals surface area contributed by atoms with Crippen molar-refractivity contribution < 1.29 is 28.3 Å². The molecule has 0 saturated carbocycles. The average Bonchev–Trinajstić information content (AvgIpc) is 3.18. The number of halogens is 1. The van der Waals surface area contributed by atoms with Crippen LogP contribution >= 0.6 is 0 Å². The van der Waals surface area contributed by atoms with Gasteiger partial charge in [0.1, 0.15) is 11.9 Å². The Labute approximate surface area is 190 Å². The van der Waals surface area contributed by atoms with Crippen LogP contribution in [0.1, 0.15) is 54.1 Å². The first kappa shape index (κ1) is 23.9. The number of nitrogens with one attached hydrogen (secondary N) is 2. The fourth-order valence-electron chi connectivity index (χ4n) is 3.26. The number of anilines is 1. The van der Waals surface area contributed by atoms with Crippen LogP contribution in [0.3, 0.4) is 0 Å². The van der Waals surface area contributed by atoms with Crippen LogP contribution in [0.2, 0.25) is 0 Å². The second-order valence-corrected chi connectivity index (χ2v) is 8.56. The number of hydrogen-bond donors (Lipinski definition) is 3. The molecule has 174 valence electrons. The molecule has 3 aromatic rings. The van der Waals surface area contributed by atoms with Crippen molar-refractivity contribution in [2.75, 3.05) is 12.4 Å². The standard InChI is InChI=1S/C24H26FN3O5/c1-24(2,3)17-10-9-16(11-18(17)25)26-23(31)21(15-7-5-14(6-8-15)13-32-4)27-22(30)19-12-20(29)28-33-19/h5-12,21H,13H2,1-4H3,(H,26,31)(H,27,30)(H,28,29). The van der Waals surface area contributed by atoms with E-state index in [1.54, 1.807) is 43.5 Å². The molecule has 33 heavy (non-hydrogen) atoms. The van der Waals surface area contributed by atoms with E-state index in [9.17, 15) is 19.1 Å². The Bertz CT molecular complexity index is 1140. The quantitative estimate of drug-likeness (QED) is 0.495. The van der Waals surface area contributed by atoms with E-state index < -0.39 is 35.0 Å². The molecule has 1 atom stereocenters. The van der Waals surface area contributed by atoms with Gasteiger partial charge in [-0.25, -0.2) is 4.39 Å². The summed E-state index contributed by atoms with van der Waals surface area (Å²) in [5.41, 5.74) is 1.74. The minimum absolute atomic E-state index is 0.248. The number of amides is 2. The van der Waals surface area contributed by atoms with Crippen LogP contribution in [0.15, 0.2) is 53.1 Å². The number of carbonyl (C=O) groups is 2. The summed E-state index contributed by atoms with van der Waals surface area (Å²) in [6, 6.07) is 11.3. The van der Waals surface area contributed by atoms with Gasteiger partial charge in [-0.2, -0.15) is 0 Å². The Kier molecular flexibility index (Phi) is 7.13. The summed E-state index contributed by atoms with van der Waals surface area (Å²) in [6.07, 6.45) is 0. The number of ether oxygens (including phenoxy) is 1. The van der Waals surface area contributed by atoms with Gasteiger partial charge in [-0.1, -0.05) is 51.1 Å². The molecule has 0 aliphatic carbocycles. The lowest BCUT2D eigenvalue weighted by Crippen LogP contribution is -2.37. The lowest BCUT2D eigenvalue weighted by atomic mass is 9.86. The van der Waals surface area contributed by atoms with Crippen molar-refractivity contribution in [1.82, 2.24) is 10.5 Å². The van der Waals surface area contributed by atoms with E-state index in [4.69, 9.17) is 9.26 Å². The first-order valence-electron chi connectivity index (χ1n) is 10.2. The summed E-state index contributed by atoms with van der Waals surface area (Å²) in [6.45, 7) is 6.07. The maximum atomic E-state index is 14.6. The van der Waals surface area contributed by atoms with Crippen LogP contribution in [0, 0.1) is 5.82 Å². The number of hydrogen-bond acceptors (Lipinski definition) is 6. The fourth-order valence-corrected chi connectivity index (χ4v) is 3.26. The van der Waals surface area contributed by atoms with E-state index in [-0.39, 0.29) is 11.4 Å². The highest BCUT2D eigenvalue weighted by Crippen LogP contribution is 2.27. The minimum atomic E-state index is -1.13. The molecule has 1 unspecified atom stereocenters. The molecule has 9 heteroatoms. The zero-order valence-electron chi connectivity index (χ0n) is 18.8. The van der Waals surface area contributed by atoms with Gasteiger partial charge >= 0.3 is 0 Å². The van der Waals surface area contributed by atoms with Gasteiger partial charge in [0.25, 0.3) is 17.7 Å². The van der Waals surface area contributed by atoms with E-state index in [2.05, 4.69) is 15.8 Å². The highest BCUT2D eigenvalue weighted by molar-refractivity contribution is 6.00. The van der Waals surface area contributed by atoms with Gasteiger partial charge in [-0.3, -0.25) is 9.59 Å². The van der Waals surface area contributed by atoms with Crippen LogP contribution in [-0.2, 0) is 21.6 Å². The second-order valence-electron chi connectivity index (χ2n) is 8.56. The summed E-state index contributed by atoms with van der Waals surface area (Å²) in [4.78, 5) is 25.7. The molecule has 0 aliphatic rings. The van der Waals surface area contributed by atoms with E-state index in [0.717, 1.165) is 11.6 Å². The SMILES string of the molecule is COCc1ccc(C(NC(=O)c2cc(O)no2)C(=O)Nc2ccc(C(C)(C)C)c(F)c2)cc1. The summed E-state index contributed by atoms with van der Waals surface area (Å²) in [7, 11) is 1.57. The van der Waals surface area contributed by atoms with Crippen molar-refractivity contribution in [3.63, 3.8) is 0 Å². The summed E-state index contributed by atoms with van der Waals surface area (Å²) in [5, 5.41) is 17.8. The molecule has 1 aromatic heterocycles. The molecule has 0 fully saturated rings. The number of carbonyl (C=O) groups excluding carboxylic acids is 2. The summed E-state index contributed by atoms with van der Waals surface area (Å²) < 4.78 is 24.5. The van der Waals surface area contributed by atoms with Gasteiger partial charge in [-0.15, -0.1) is 0 Å². The molecule has 0 aliphatic heterocycles. The Balaban J connectivity index is 1.86. The van der Waals surface area contributed by atoms with Gasteiger partial charge in [0, 0.05) is 12.8 Å². The maximum Gasteiger partial charge on any atom is 0.290 e. The largest absolute Gasteiger partial charge is 0.491 e. The third-order valence-electron chi connectivity index (χ3n) is 4.93. The molecule has 3 rings (SSSR count). The van der Waals surface area contributed by atoms with Gasteiger partial charge in [-0.05, 0) is 39.4 Å². The Hall–Kier alpha value is -3.72. The first-order chi connectivity index (χ1) is 15.6. The molecule has 0 bridgehead atoms. The number of methoxy groups -OCH3 is 1. The molecule has 2 aromatic carbocycles. The predicted octanol–water partition coefficient (Wildman–Crippen LogP) is 4.07. The zero-order chi connectivity index (χ0) is 24.2. The first-order valence-corrected chi connectivity index (χ1v) is 10.2. The van der Waals surface area contributed by atoms with Gasteiger partial charge in [0.15, 0.2) is 0 Å². The highest BCUT2D eigenvalue weighted by Gasteiger charge is 2.26. The van der Waals surface area contributed by atoms with Crippen molar-refractivity contribution in [2.45, 2.75) is 38.8 Å². The zero-order valence-corrected chi connectivity index (χ0v) is 18.8. The molecule has 0 saturated heterocycles. The van der Waals surface area contributed by atoms with Crippen molar-refractivity contribution in [2.24, 2.45) is 0 Å². The molecule has 1 heterocycles. The van der Waals surface area contributed by atoms with E-state index in [1.807, 2.05) is 20.8 Å². The Morgan fingerprint density at radius 3 is 2.39 bits per heavy atom. The highest BCUT2D eigenvalue weighted by atomic mass is 19.1. The summed E-state index contributed by atoms with van der Waals surface area (Å²) in [5.74, 6) is -2.50. The van der Waals surface area contributed by atoms with Crippen LogP contribution < -0.4 is 10.6 Å². The van der Waals surface area contributed by atoms with Crippen molar-refractivity contribution in [1.29, 1.82) is 0 Å². The summed E-state index contributed by atoms with van der Waals surface area (Å²) >= 11 is 0. The molecular formula is C24H26FN3O5. The Morgan fingerprint density at radius 2 is 1.85 bits per heavy atom. The third-order valence-corrected chi connectivity index (χ3v) is 4.93. The van der Waals surface area contributed by atoms with Crippen LogP contribution in [0.4, 0.5) is 10.1 Å². The number of rotatable bonds is 7. The maximum absolute atomic E-state index is 14.6. The molecule has 2 amide bonds. The molecule has 0 radical (unpaired) electrons. The lowest BCUT2D eigenvalue weighted by Gasteiger charge is -2.21. The molecular weight excluding hydrogens is 429 g/mol. The van der Waals surface area contributed by atoms with Crippen LogP contribution in [0.5, 0.6) is 5.88 Å². The van der Waals surface area contributed by atoms with Gasteiger partial charge < -0.3 is 25.0 Å². The average molecular weight is 455 g/mol. The van der Waals surface area contributed by atoms with Gasteiger partial charge in [0.05, 0.1) is 12.7 Å². The normalized spacial score (nSPS) is 12.3. The second kappa shape index (κ2) is 9.83. The van der Waals surface area contributed by atoms with Crippen LogP contribution in [-0.4, -0.2) is 29.2 Å². The number of aromatic nitrogens is 1. The van der Waals surface area contributed by atoms with Gasteiger partial charge in [0.2, 0.25) is 5.76 Å². The molecule has 8 nitrogen and oxygen atoms in total. The van der Waals surface area contributed by atoms with E-state index in [1.165, 1.54) is 6.07 Å². The van der Waals surface area contributed by atoms with Crippen molar-refractivity contribution in [3.05, 3.63) is 76.8 Å². The molecule has 0 spiro atoms. The van der Waals surface area contributed by atoms with Crippen LogP contribution in [0.25, 0.3) is 0 Å². The lowest BCUT2D eigenvalue weighted by molar-refractivity contribution is -0.118. The monoisotopic (exact) mass is 455 g/mol. The topological polar surface area (TPSA) is 114 Å².